The van der Waals surface area contributed by atoms with Crippen molar-refractivity contribution in [2.45, 2.75) is 38.3 Å². The molecule has 0 amide bonds. The summed E-state index contributed by atoms with van der Waals surface area (Å²) in [6.07, 6.45) is 2.21. The van der Waals surface area contributed by atoms with Crippen molar-refractivity contribution in [1.82, 2.24) is 5.32 Å². The molecule has 1 aromatic carbocycles. The molecular weight excluding hydrogens is 290 g/mol. The highest BCUT2D eigenvalue weighted by molar-refractivity contribution is 6.31. The first kappa shape index (κ1) is 16.3. The van der Waals surface area contributed by atoms with Gasteiger partial charge in [-0.1, -0.05) is 29.8 Å². The van der Waals surface area contributed by atoms with E-state index >= 15 is 0 Å². The highest BCUT2D eigenvalue weighted by Crippen LogP contribution is 2.29. The summed E-state index contributed by atoms with van der Waals surface area (Å²) in [5.41, 5.74) is -0.247. The van der Waals surface area contributed by atoms with Gasteiger partial charge in [-0.3, -0.25) is 5.32 Å². The van der Waals surface area contributed by atoms with Crippen LogP contribution in [0.4, 0.5) is 0 Å². The molecule has 5 heteroatoms. The summed E-state index contributed by atoms with van der Waals surface area (Å²) in [6, 6.07) is 7.34. The molecule has 1 aliphatic rings. The van der Waals surface area contributed by atoms with Gasteiger partial charge in [-0.15, -0.1) is 0 Å². The van der Waals surface area contributed by atoms with Crippen LogP contribution in [0, 0.1) is 0 Å². The lowest BCUT2D eigenvalue weighted by Crippen LogP contribution is -2.50. The molecule has 0 radical (unpaired) electrons. The molecule has 1 aromatic rings. The maximum atomic E-state index is 12.4. The predicted octanol–water partition coefficient (Wildman–Crippen LogP) is 2.89. The van der Waals surface area contributed by atoms with E-state index in [-0.39, 0.29) is 12.1 Å². The molecule has 2 unspecified atom stereocenters. The van der Waals surface area contributed by atoms with Crippen molar-refractivity contribution in [2.75, 3.05) is 19.8 Å². The van der Waals surface area contributed by atoms with Crippen LogP contribution < -0.4 is 5.32 Å². The lowest BCUT2D eigenvalue weighted by molar-refractivity contribution is -0.151. The van der Waals surface area contributed by atoms with Crippen LogP contribution in [0.3, 0.4) is 0 Å². The van der Waals surface area contributed by atoms with E-state index in [0.717, 1.165) is 25.0 Å². The van der Waals surface area contributed by atoms with Crippen molar-refractivity contribution in [1.29, 1.82) is 0 Å². The predicted molar refractivity (Wildman–Crippen MR) is 82.4 cm³/mol. The van der Waals surface area contributed by atoms with Gasteiger partial charge in [0.2, 0.25) is 0 Å². The molecule has 0 spiro atoms. The number of hydrogen-bond acceptors (Lipinski definition) is 4. The largest absolute Gasteiger partial charge is 0.464 e. The Kier molecular flexibility index (Phi) is 5.62. The third-order valence-corrected chi connectivity index (χ3v) is 4.13. The molecule has 1 saturated heterocycles. The molecule has 21 heavy (non-hydrogen) atoms. The molecule has 1 fully saturated rings. The fourth-order valence-electron chi connectivity index (χ4n) is 2.54. The molecule has 0 saturated carbocycles. The topological polar surface area (TPSA) is 47.6 Å². The zero-order valence-electron chi connectivity index (χ0n) is 12.5. The summed E-state index contributed by atoms with van der Waals surface area (Å²) in [6.45, 7) is 5.32. The van der Waals surface area contributed by atoms with E-state index in [1.807, 2.05) is 18.2 Å². The highest BCUT2D eigenvalue weighted by atomic mass is 35.5. The Hall–Kier alpha value is -1.10. The molecule has 0 aromatic heterocycles. The maximum absolute atomic E-state index is 12.4. The lowest BCUT2D eigenvalue weighted by Gasteiger charge is -2.31. The lowest BCUT2D eigenvalue weighted by atomic mass is 9.91. The second-order valence-electron chi connectivity index (χ2n) is 5.34. The summed E-state index contributed by atoms with van der Waals surface area (Å²) in [5.74, 6) is -0.323. The van der Waals surface area contributed by atoms with Crippen molar-refractivity contribution in [3.05, 3.63) is 34.9 Å². The van der Waals surface area contributed by atoms with Crippen molar-refractivity contribution in [3.63, 3.8) is 0 Å². The van der Waals surface area contributed by atoms with Crippen LogP contribution in [0.15, 0.2) is 24.3 Å². The van der Waals surface area contributed by atoms with Gasteiger partial charge >= 0.3 is 5.97 Å². The first-order valence-electron chi connectivity index (χ1n) is 7.36. The molecule has 1 heterocycles. The smallest absolute Gasteiger partial charge is 0.330 e. The van der Waals surface area contributed by atoms with Gasteiger partial charge < -0.3 is 9.47 Å². The Morgan fingerprint density at radius 3 is 2.90 bits per heavy atom. The molecule has 4 nitrogen and oxygen atoms in total. The molecular formula is C16H22ClNO3. The number of carbonyl (C=O) groups is 1. The zero-order chi connectivity index (χ0) is 15.3. The fraction of sp³-hybridized carbons (Fsp3) is 0.562. The van der Waals surface area contributed by atoms with E-state index in [0.29, 0.717) is 18.2 Å². The molecule has 2 atom stereocenters. The minimum absolute atomic E-state index is 0.140. The van der Waals surface area contributed by atoms with Gasteiger partial charge in [-0.05, 0) is 32.8 Å². The van der Waals surface area contributed by atoms with Crippen molar-refractivity contribution < 1.29 is 14.3 Å². The number of carbonyl (C=O) groups excluding carboxylic acids is 1. The Labute approximate surface area is 130 Å². The average Bonchev–Trinajstić information content (AvgIpc) is 2.99. The number of rotatable bonds is 6. The Morgan fingerprint density at radius 2 is 2.29 bits per heavy atom. The first-order valence-corrected chi connectivity index (χ1v) is 7.74. The number of benzene rings is 1. The fourth-order valence-corrected chi connectivity index (χ4v) is 2.87. The standard InChI is InChI=1S/C16H22ClNO3/c1-3-20-15(19)16(2,13-8-4-5-9-14(13)17)18-11-12-7-6-10-21-12/h4-5,8-9,12,18H,3,6-7,10-11H2,1-2H3. The van der Waals surface area contributed by atoms with E-state index in [2.05, 4.69) is 5.32 Å². The van der Waals surface area contributed by atoms with Crippen LogP contribution in [-0.4, -0.2) is 31.8 Å². The van der Waals surface area contributed by atoms with Crippen LogP contribution in [0.2, 0.25) is 5.02 Å². The molecule has 0 bridgehead atoms. The van der Waals surface area contributed by atoms with Crippen LogP contribution in [0.5, 0.6) is 0 Å². The Bertz CT molecular complexity index is 488. The summed E-state index contributed by atoms with van der Waals surface area (Å²) in [5, 5.41) is 3.84. The third-order valence-electron chi connectivity index (χ3n) is 3.80. The second kappa shape index (κ2) is 7.25. The molecule has 1 N–H and O–H groups in total. The van der Waals surface area contributed by atoms with Crippen molar-refractivity contribution in [3.8, 4) is 0 Å². The van der Waals surface area contributed by atoms with Crippen LogP contribution >= 0.6 is 11.6 Å². The van der Waals surface area contributed by atoms with E-state index in [9.17, 15) is 4.79 Å². The van der Waals surface area contributed by atoms with Gasteiger partial charge in [-0.25, -0.2) is 4.79 Å². The number of halogens is 1. The van der Waals surface area contributed by atoms with Gasteiger partial charge in [0.15, 0.2) is 0 Å². The second-order valence-corrected chi connectivity index (χ2v) is 5.75. The molecule has 116 valence electrons. The van der Waals surface area contributed by atoms with E-state index in [4.69, 9.17) is 21.1 Å². The van der Waals surface area contributed by atoms with Gasteiger partial charge in [0.1, 0.15) is 5.54 Å². The summed E-state index contributed by atoms with van der Waals surface area (Å²) < 4.78 is 10.8. The SMILES string of the molecule is CCOC(=O)C(C)(NCC1CCCO1)c1ccccc1Cl. The van der Waals surface area contributed by atoms with Crippen LogP contribution in [0.1, 0.15) is 32.3 Å². The minimum atomic E-state index is -0.972. The van der Waals surface area contributed by atoms with Gasteiger partial charge in [0.05, 0.1) is 12.7 Å². The normalized spacial score (nSPS) is 21.0. The van der Waals surface area contributed by atoms with Crippen molar-refractivity contribution in [2.24, 2.45) is 0 Å². The third kappa shape index (κ3) is 3.76. The first-order chi connectivity index (χ1) is 10.1. The number of nitrogens with one attached hydrogen (secondary N) is 1. The molecule has 1 aliphatic heterocycles. The van der Waals surface area contributed by atoms with E-state index in [1.165, 1.54) is 0 Å². The number of hydrogen-bond donors (Lipinski definition) is 1. The maximum Gasteiger partial charge on any atom is 0.330 e. The van der Waals surface area contributed by atoms with Crippen LogP contribution in [0.25, 0.3) is 0 Å². The molecule has 0 aliphatic carbocycles. The van der Waals surface area contributed by atoms with E-state index in [1.54, 1.807) is 19.9 Å². The van der Waals surface area contributed by atoms with Gasteiger partial charge in [0.25, 0.3) is 0 Å². The zero-order valence-corrected chi connectivity index (χ0v) is 13.3. The van der Waals surface area contributed by atoms with E-state index < -0.39 is 5.54 Å². The summed E-state index contributed by atoms with van der Waals surface area (Å²) in [4.78, 5) is 12.4. The van der Waals surface area contributed by atoms with Gasteiger partial charge in [-0.2, -0.15) is 0 Å². The summed E-state index contributed by atoms with van der Waals surface area (Å²) in [7, 11) is 0. The minimum Gasteiger partial charge on any atom is -0.464 e. The quantitative estimate of drug-likeness (QED) is 0.821. The highest BCUT2D eigenvalue weighted by Gasteiger charge is 2.38. The van der Waals surface area contributed by atoms with Crippen LogP contribution in [-0.2, 0) is 19.8 Å². The number of esters is 1. The monoisotopic (exact) mass is 311 g/mol. The Morgan fingerprint density at radius 1 is 1.52 bits per heavy atom. The Balaban J connectivity index is 2.21. The molecule has 2 rings (SSSR count). The van der Waals surface area contributed by atoms with Crippen molar-refractivity contribution >= 4 is 17.6 Å². The van der Waals surface area contributed by atoms with Gasteiger partial charge in [0, 0.05) is 23.7 Å². The summed E-state index contributed by atoms with van der Waals surface area (Å²) >= 11 is 6.27. The number of ether oxygens (including phenoxy) is 2. The average molecular weight is 312 g/mol.